The molecule has 0 aromatic heterocycles. The molecule has 0 saturated heterocycles. The number of anilines is 1. The van der Waals surface area contributed by atoms with E-state index in [0.717, 1.165) is 5.56 Å². The predicted octanol–water partition coefficient (Wildman–Crippen LogP) is 4.48. The second kappa shape index (κ2) is 7.50. The quantitative estimate of drug-likeness (QED) is 0.604. The van der Waals surface area contributed by atoms with Gasteiger partial charge in [-0.15, -0.1) is 0 Å². The molecule has 3 amide bonds. The van der Waals surface area contributed by atoms with Crippen LogP contribution in [0.1, 0.15) is 21.5 Å². The summed E-state index contributed by atoms with van der Waals surface area (Å²) in [6.45, 7) is 3.38. The van der Waals surface area contributed by atoms with E-state index in [0.29, 0.717) is 5.56 Å². The van der Waals surface area contributed by atoms with E-state index >= 15 is 0 Å². The largest absolute Gasteiger partial charge is 0.326 e. The number of hydrogen-bond acceptors (Lipinski definition) is 4. The van der Waals surface area contributed by atoms with Gasteiger partial charge in [0.05, 0.1) is 20.5 Å². The van der Waals surface area contributed by atoms with Crippen LogP contribution in [-0.2, 0) is 0 Å². The van der Waals surface area contributed by atoms with Gasteiger partial charge in [-0.05, 0) is 37.1 Å². The fourth-order valence-electron chi connectivity index (χ4n) is 2.14. The van der Waals surface area contributed by atoms with Gasteiger partial charge in [0.1, 0.15) is 5.69 Å². The zero-order valence-electron chi connectivity index (χ0n) is 13.2. The summed E-state index contributed by atoms with van der Waals surface area (Å²) in [7, 11) is 0. The average Bonchev–Trinajstić information content (AvgIpc) is 2.51. The minimum atomic E-state index is -0.933. The molecule has 0 saturated carbocycles. The van der Waals surface area contributed by atoms with E-state index in [9.17, 15) is 19.7 Å². The summed E-state index contributed by atoms with van der Waals surface area (Å²) in [5.74, 6) is -0.818. The number of carbonyl (C=O) groups excluding carboxylic acids is 2. The van der Waals surface area contributed by atoms with E-state index in [4.69, 9.17) is 23.2 Å². The second-order valence-corrected chi connectivity index (χ2v) is 5.98. The lowest BCUT2D eigenvalue weighted by Crippen LogP contribution is -2.35. The molecule has 0 bridgehead atoms. The first kappa shape index (κ1) is 18.7. The molecule has 9 heteroatoms. The van der Waals surface area contributed by atoms with Gasteiger partial charge in [0.15, 0.2) is 0 Å². The number of benzene rings is 2. The van der Waals surface area contributed by atoms with E-state index in [2.05, 4.69) is 10.6 Å². The topological polar surface area (TPSA) is 101 Å². The zero-order valence-corrected chi connectivity index (χ0v) is 14.7. The van der Waals surface area contributed by atoms with Gasteiger partial charge in [0.25, 0.3) is 11.6 Å². The Morgan fingerprint density at radius 3 is 2.24 bits per heavy atom. The van der Waals surface area contributed by atoms with Crippen LogP contribution in [0.15, 0.2) is 30.3 Å². The van der Waals surface area contributed by atoms with E-state index in [1.54, 1.807) is 26.0 Å². The van der Waals surface area contributed by atoms with Gasteiger partial charge in [-0.1, -0.05) is 35.3 Å². The molecule has 0 aliphatic heterocycles. The smallest absolute Gasteiger partial charge is 0.301 e. The molecule has 2 aromatic rings. The lowest BCUT2D eigenvalue weighted by Gasteiger charge is -2.12. The molecular weight excluding hydrogens is 369 g/mol. The Balaban J connectivity index is 2.25. The second-order valence-electron chi connectivity index (χ2n) is 5.16. The average molecular weight is 382 g/mol. The number of halogens is 2. The van der Waals surface area contributed by atoms with Crippen molar-refractivity contribution in [1.82, 2.24) is 5.32 Å². The third kappa shape index (κ3) is 4.07. The normalized spacial score (nSPS) is 10.2. The Labute approximate surface area is 153 Å². The maximum atomic E-state index is 12.2. The molecule has 130 valence electrons. The third-order valence-electron chi connectivity index (χ3n) is 3.57. The van der Waals surface area contributed by atoms with Crippen LogP contribution in [0.5, 0.6) is 0 Å². The van der Waals surface area contributed by atoms with Crippen molar-refractivity contribution in [1.29, 1.82) is 0 Å². The molecule has 0 unspecified atom stereocenters. The van der Waals surface area contributed by atoms with E-state index < -0.39 is 16.9 Å². The molecule has 0 radical (unpaired) electrons. The van der Waals surface area contributed by atoms with Gasteiger partial charge in [0, 0.05) is 6.07 Å². The molecule has 0 spiro atoms. The lowest BCUT2D eigenvalue weighted by atomic mass is 10.1. The number of nitro benzene ring substituents is 1. The Morgan fingerprint density at radius 1 is 1.08 bits per heavy atom. The number of imide groups is 1. The number of carbonyl (C=O) groups is 2. The van der Waals surface area contributed by atoms with Gasteiger partial charge in [0.2, 0.25) is 0 Å². The van der Waals surface area contributed by atoms with Crippen LogP contribution in [0.2, 0.25) is 10.0 Å². The molecule has 25 heavy (non-hydrogen) atoms. The summed E-state index contributed by atoms with van der Waals surface area (Å²) in [6.07, 6.45) is 0. The van der Waals surface area contributed by atoms with Crippen molar-refractivity contribution in [2.45, 2.75) is 13.8 Å². The number of rotatable bonds is 3. The van der Waals surface area contributed by atoms with Crippen LogP contribution < -0.4 is 10.6 Å². The monoisotopic (exact) mass is 381 g/mol. The summed E-state index contributed by atoms with van der Waals surface area (Å²) in [5, 5.41) is 15.7. The number of urea groups is 1. The highest BCUT2D eigenvalue weighted by atomic mass is 35.5. The highest BCUT2D eigenvalue weighted by molar-refractivity contribution is 6.40. The van der Waals surface area contributed by atoms with Gasteiger partial charge in [-0.25, -0.2) is 4.79 Å². The van der Waals surface area contributed by atoms with Crippen molar-refractivity contribution in [3.05, 3.63) is 67.2 Å². The van der Waals surface area contributed by atoms with E-state index in [1.165, 1.54) is 18.2 Å². The van der Waals surface area contributed by atoms with Crippen molar-refractivity contribution in [2.24, 2.45) is 0 Å². The van der Waals surface area contributed by atoms with E-state index in [1.807, 2.05) is 0 Å². The Morgan fingerprint density at radius 2 is 1.68 bits per heavy atom. The predicted molar refractivity (Wildman–Crippen MR) is 95.5 cm³/mol. The van der Waals surface area contributed by atoms with Crippen molar-refractivity contribution < 1.29 is 14.5 Å². The highest BCUT2D eigenvalue weighted by Crippen LogP contribution is 2.30. The number of nitrogens with zero attached hydrogens (tertiary/aromatic N) is 1. The SMILES string of the molecule is Cc1ccc([N+](=O)[O-])c(NC(=O)NC(=O)c2c(Cl)cccc2Cl)c1C. The maximum Gasteiger partial charge on any atom is 0.326 e. The minimum absolute atomic E-state index is 0.0144. The minimum Gasteiger partial charge on any atom is -0.301 e. The first-order chi connectivity index (χ1) is 11.7. The number of nitro groups is 1. The molecule has 0 aliphatic carbocycles. The lowest BCUT2D eigenvalue weighted by molar-refractivity contribution is -0.384. The molecule has 2 N–H and O–H groups in total. The number of hydrogen-bond donors (Lipinski definition) is 2. The van der Waals surface area contributed by atoms with Crippen molar-refractivity contribution >= 4 is 46.5 Å². The van der Waals surface area contributed by atoms with Crippen LogP contribution in [-0.4, -0.2) is 16.9 Å². The molecule has 0 heterocycles. The summed E-state index contributed by atoms with van der Waals surface area (Å²) in [5.41, 5.74) is 0.951. The van der Waals surface area contributed by atoms with Crippen molar-refractivity contribution in [3.63, 3.8) is 0 Å². The molecule has 0 aliphatic rings. The standard InChI is InChI=1S/C16H13Cl2N3O4/c1-8-6-7-12(21(24)25)14(9(8)2)19-16(23)20-15(22)13-10(17)4-3-5-11(13)18/h3-7H,1-2H3,(H2,19,20,22,23). The van der Waals surface area contributed by atoms with Crippen molar-refractivity contribution in [3.8, 4) is 0 Å². The van der Waals surface area contributed by atoms with E-state index in [-0.39, 0.29) is 27.0 Å². The zero-order chi connectivity index (χ0) is 18.7. The molecule has 0 atom stereocenters. The van der Waals surface area contributed by atoms with Crippen molar-refractivity contribution in [2.75, 3.05) is 5.32 Å². The molecule has 0 fully saturated rings. The Kier molecular flexibility index (Phi) is 5.61. The Bertz CT molecular complexity index is 864. The van der Waals surface area contributed by atoms with Gasteiger partial charge < -0.3 is 5.32 Å². The van der Waals surface area contributed by atoms with Crippen LogP contribution in [0.4, 0.5) is 16.2 Å². The summed E-state index contributed by atoms with van der Waals surface area (Å²) in [6, 6.07) is 6.39. The molecule has 2 rings (SSSR count). The number of aryl methyl sites for hydroxylation is 1. The summed E-state index contributed by atoms with van der Waals surface area (Å²) in [4.78, 5) is 34.8. The summed E-state index contributed by atoms with van der Waals surface area (Å²) < 4.78 is 0. The van der Waals surface area contributed by atoms with Gasteiger partial charge in [-0.2, -0.15) is 0 Å². The van der Waals surface area contributed by atoms with Gasteiger partial charge >= 0.3 is 6.03 Å². The van der Waals surface area contributed by atoms with Crippen LogP contribution >= 0.6 is 23.2 Å². The number of amides is 3. The fraction of sp³-hybridized carbons (Fsp3) is 0.125. The first-order valence-electron chi connectivity index (χ1n) is 7.03. The maximum absolute atomic E-state index is 12.2. The fourth-order valence-corrected chi connectivity index (χ4v) is 2.71. The van der Waals surface area contributed by atoms with Gasteiger partial charge in [-0.3, -0.25) is 20.2 Å². The third-order valence-corrected chi connectivity index (χ3v) is 4.20. The Hall–Kier alpha value is -2.64. The number of nitrogens with one attached hydrogen (secondary N) is 2. The van der Waals surface area contributed by atoms with Crippen LogP contribution in [0.25, 0.3) is 0 Å². The molecule has 7 nitrogen and oxygen atoms in total. The molecule has 2 aromatic carbocycles. The van der Waals surface area contributed by atoms with Crippen LogP contribution in [0.3, 0.4) is 0 Å². The first-order valence-corrected chi connectivity index (χ1v) is 7.79. The summed E-state index contributed by atoms with van der Waals surface area (Å²) >= 11 is 11.8. The molecular formula is C16H13Cl2N3O4. The van der Waals surface area contributed by atoms with Crippen LogP contribution in [0, 0.1) is 24.0 Å². The highest BCUT2D eigenvalue weighted by Gasteiger charge is 2.22.